The molecule has 0 aliphatic heterocycles. The predicted molar refractivity (Wildman–Crippen MR) is 142 cm³/mol. The lowest BCUT2D eigenvalue weighted by Crippen LogP contribution is -2.21. The molecule has 1 atom stereocenters. The number of nitrogens with one attached hydrogen (secondary N) is 1. The molecule has 6 nitrogen and oxygen atoms in total. The predicted octanol–water partition coefficient (Wildman–Crippen LogP) is 6.45. The molecule has 0 fully saturated rings. The van der Waals surface area contributed by atoms with Gasteiger partial charge in [0.15, 0.2) is 12.7 Å². The van der Waals surface area contributed by atoms with Crippen LogP contribution < -0.4 is 10.1 Å². The highest BCUT2D eigenvalue weighted by Crippen LogP contribution is 2.26. The maximum atomic E-state index is 13.2. The normalized spacial score (nSPS) is 11.3. The van der Waals surface area contributed by atoms with E-state index in [2.05, 4.69) is 5.32 Å². The van der Waals surface area contributed by atoms with Crippen molar-refractivity contribution in [3.63, 3.8) is 0 Å². The lowest BCUT2D eigenvalue weighted by Gasteiger charge is -2.18. The van der Waals surface area contributed by atoms with Crippen molar-refractivity contribution in [3.8, 4) is 5.75 Å². The van der Waals surface area contributed by atoms with Gasteiger partial charge in [0.05, 0.1) is 5.56 Å². The molecule has 0 radical (unpaired) electrons. The van der Waals surface area contributed by atoms with Crippen LogP contribution in [-0.2, 0) is 9.53 Å². The molecular formula is C30H24ClNO5. The van der Waals surface area contributed by atoms with Crippen molar-refractivity contribution in [1.82, 2.24) is 0 Å². The van der Waals surface area contributed by atoms with Gasteiger partial charge < -0.3 is 14.8 Å². The molecule has 7 heteroatoms. The summed E-state index contributed by atoms with van der Waals surface area (Å²) < 4.78 is 11.2. The fraction of sp³-hybridized carbons (Fsp3) is 0.100. The molecule has 186 valence electrons. The topological polar surface area (TPSA) is 81.7 Å². The van der Waals surface area contributed by atoms with Crippen molar-refractivity contribution in [2.75, 3.05) is 11.9 Å². The first-order valence-corrected chi connectivity index (χ1v) is 11.9. The number of carbonyl (C=O) groups is 3. The highest BCUT2D eigenvalue weighted by Gasteiger charge is 2.27. The number of hydrogen-bond donors (Lipinski definition) is 1. The molecule has 0 aliphatic rings. The van der Waals surface area contributed by atoms with Gasteiger partial charge in [-0.2, -0.15) is 0 Å². The van der Waals surface area contributed by atoms with Crippen LogP contribution in [0.3, 0.4) is 0 Å². The van der Waals surface area contributed by atoms with Crippen LogP contribution in [0.1, 0.15) is 37.9 Å². The minimum Gasteiger partial charge on any atom is -0.483 e. The lowest BCUT2D eigenvalue weighted by molar-refractivity contribution is -0.118. The summed E-state index contributed by atoms with van der Waals surface area (Å²) in [6.07, 6.45) is -1.15. The number of amides is 1. The van der Waals surface area contributed by atoms with Crippen molar-refractivity contribution in [2.24, 2.45) is 0 Å². The zero-order chi connectivity index (χ0) is 26.2. The smallest absolute Gasteiger partial charge is 0.339 e. The third kappa shape index (κ3) is 6.84. The first-order valence-electron chi connectivity index (χ1n) is 11.5. The number of ketones is 1. The summed E-state index contributed by atoms with van der Waals surface area (Å²) >= 11 is 5.99. The second-order valence-electron chi connectivity index (χ2n) is 8.25. The van der Waals surface area contributed by atoms with Crippen LogP contribution in [0.2, 0.25) is 5.02 Å². The fourth-order valence-corrected chi connectivity index (χ4v) is 3.71. The zero-order valence-corrected chi connectivity index (χ0v) is 20.8. The van der Waals surface area contributed by atoms with Gasteiger partial charge in [-0.05, 0) is 55.0 Å². The third-order valence-corrected chi connectivity index (χ3v) is 5.80. The molecule has 1 amide bonds. The van der Waals surface area contributed by atoms with Gasteiger partial charge in [0.2, 0.25) is 5.78 Å². The third-order valence-electron chi connectivity index (χ3n) is 5.55. The summed E-state index contributed by atoms with van der Waals surface area (Å²) in [5.74, 6) is -0.732. The Balaban J connectivity index is 1.42. The summed E-state index contributed by atoms with van der Waals surface area (Å²) in [6, 6.07) is 28.8. The Morgan fingerprint density at radius 2 is 1.43 bits per heavy atom. The standard InChI is InChI=1S/C30H24ClNO5/c1-20-7-5-6-10-26(20)36-19-27(33)32-25-17-13-23(14-18-25)30(35)37-29(22-11-15-24(31)16-12-22)28(34)21-8-3-2-4-9-21/h2-18,29H,19H2,1H3,(H,32,33)/t29-/m0/s1. The van der Waals surface area contributed by atoms with Crippen LogP contribution in [-0.4, -0.2) is 24.3 Å². The maximum absolute atomic E-state index is 13.2. The van der Waals surface area contributed by atoms with Crippen molar-refractivity contribution in [1.29, 1.82) is 0 Å². The summed E-state index contributed by atoms with van der Waals surface area (Å²) in [5.41, 5.74) is 2.57. The molecule has 0 saturated heterocycles. The van der Waals surface area contributed by atoms with Crippen molar-refractivity contribution in [2.45, 2.75) is 13.0 Å². The Bertz CT molecular complexity index is 1390. The molecule has 4 aromatic carbocycles. The number of rotatable bonds is 9. The second kappa shape index (κ2) is 12.0. The van der Waals surface area contributed by atoms with Crippen LogP contribution >= 0.6 is 11.6 Å². The number of anilines is 1. The van der Waals surface area contributed by atoms with E-state index in [1.807, 2.05) is 25.1 Å². The van der Waals surface area contributed by atoms with Crippen molar-refractivity contribution in [3.05, 3.63) is 130 Å². The van der Waals surface area contributed by atoms with Gasteiger partial charge in [0, 0.05) is 21.8 Å². The molecule has 4 aromatic rings. The molecule has 0 heterocycles. The first-order chi connectivity index (χ1) is 17.9. The number of aryl methyl sites for hydroxylation is 1. The number of esters is 1. The van der Waals surface area contributed by atoms with E-state index in [1.54, 1.807) is 72.8 Å². The molecule has 0 unspecified atom stereocenters. The number of hydrogen-bond acceptors (Lipinski definition) is 5. The molecule has 1 N–H and O–H groups in total. The molecule has 0 aromatic heterocycles. The van der Waals surface area contributed by atoms with E-state index in [4.69, 9.17) is 21.1 Å². The molecule has 4 rings (SSSR count). The summed E-state index contributed by atoms with van der Waals surface area (Å²) in [7, 11) is 0. The van der Waals surface area contributed by atoms with Gasteiger partial charge in [-0.1, -0.05) is 72.3 Å². The maximum Gasteiger partial charge on any atom is 0.339 e. The Labute approximate surface area is 219 Å². The fourth-order valence-electron chi connectivity index (χ4n) is 3.59. The Morgan fingerprint density at radius 1 is 0.784 bits per heavy atom. The van der Waals surface area contributed by atoms with Crippen LogP contribution in [0, 0.1) is 6.92 Å². The van der Waals surface area contributed by atoms with Gasteiger partial charge in [-0.15, -0.1) is 0 Å². The number of carbonyl (C=O) groups excluding carboxylic acids is 3. The molecule has 0 spiro atoms. The van der Waals surface area contributed by atoms with E-state index in [-0.39, 0.29) is 23.9 Å². The summed E-state index contributed by atoms with van der Waals surface area (Å²) in [5, 5.41) is 3.23. The Kier molecular flexibility index (Phi) is 8.33. The summed E-state index contributed by atoms with van der Waals surface area (Å²) in [6.45, 7) is 1.75. The number of halogens is 1. The number of benzene rings is 4. The van der Waals surface area contributed by atoms with Gasteiger partial charge in [-0.3, -0.25) is 9.59 Å². The number of ether oxygens (including phenoxy) is 2. The van der Waals surface area contributed by atoms with Gasteiger partial charge in [0.1, 0.15) is 5.75 Å². The molecule has 0 aliphatic carbocycles. The van der Waals surface area contributed by atoms with Gasteiger partial charge >= 0.3 is 5.97 Å². The molecule has 0 saturated carbocycles. The molecule has 37 heavy (non-hydrogen) atoms. The minimum absolute atomic E-state index is 0.154. The monoisotopic (exact) mass is 513 g/mol. The average molecular weight is 514 g/mol. The quantitative estimate of drug-likeness (QED) is 0.205. The van der Waals surface area contributed by atoms with E-state index in [0.29, 0.717) is 27.6 Å². The average Bonchev–Trinajstić information content (AvgIpc) is 2.92. The van der Waals surface area contributed by atoms with Crippen LogP contribution in [0.25, 0.3) is 0 Å². The first kappa shape index (κ1) is 25.7. The summed E-state index contributed by atoms with van der Waals surface area (Å²) in [4.78, 5) is 38.4. The van der Waals surface area contributed by atoms with Crippen LogP contribution in [0.5, 0.6) is 5.75 Å². The largest absolute Gasteiger partial charge is 0.483 e. The number of para-hydroxylation sites is 1. The number of Topliss-reactive ketones (excluding diaryl/α,β-unsaturated/α-hetero) is 1. The van der Waals surface area contributed by atoms with Crippen LogP contribution in [0.15, 0.2) is 103 Å². The lowest BCUT2D eigenvalue weighted by atomic mass is 9.99. The Hall–Kier alpha value is -4.42. The van der Waals surface area contributed by atoms with Crippen molar-refractivity contribution < 1.29 is 23.9 Å². The van der Waals surface area contributed by atoms with E-state index in [9.17, 15) is 14.4 Å². The van der Waals surface area contributed by atoms with Crippen molar-refractivity contribution >= 4 is 34.9 Å². The van der Waals surface area contributed by atoms with E-state index >= 15 is 0 Å². The van der Waals surface area contributed by atoms with E-state index in [0.717, 1.165) is 5.56 Å². The second-order valence-corrected chi connectivity index (χ2v) is 8.68. The Morgan fingerprint density at radius 3 is 2.11 bits per heavy atom. The minimum atomic E-state index is -1.15. The highest BCUT2D eigenvalue weighted by molar-refractivity contribution is 6.30. The van der Waals surface area contributed by atoms with Gasteiger partial charge in [-0.25, -0.2) is 4.79 Å². The van der Waals surface area contributed by atoms with Crippen LogP contribution in [0.4, 0.5) is 5.69 Å². The zero-order valence-electron chi connectivity index (χ0n) is 20.0. The highest BCUT2D eigenvalue weighted by atomic mass is 35.5. The van der Waals surface area contributed by atoms with E-state index in [1.165, 1.54) is 12.1 Å². The SMILES string of the molecule is Cc1ccccc1OCC(=O)Nc1ccc(C(=O)O[C@H](C(=O)c2ccccc2)c2ccc(Cl)cc2)cc1. The molecule has 0 bridgehead atoms. The van der Waals surface area contributed by atoms with Gasteiger partial charge in [0.25, 0.3) is 5.91 Å². The molecular weight excluding hydrogens is 490 g/mol. The van der Waals surface area contributed by atoms with E-state index < -0.39 is 12.1 Å².